The molecular weight excluding hydrogens is 252 g/mol. The van der Waals surface area contributed by atoms with Gasteiger partial charge in [0.1, 0.15) is 0 Å². The number of benzene rings is 1. The van der Waals surface area contributed by atoms with Crippen LogP contribution in [0.25, 0.3) is 0 Å². The molecule has 0 aromatic heterocycles. The first-order valence-electron chi connectivity index (χ1n) is 7.38. The Kier molecular flexibility index (Phi) is 4.15. The molecule has 0 radical (unpaired) electrons. The second-order valence-corrected chi connectivity index (χ2v) is 7.10. The monoisotopic (exact) mass is 276 g/mol. The Morgan fingerprint density at radius 3 is 3.05 bits per heavy atom. The quantitative estimate of drug-likeness (QED) is 0.916. The predicted molar refractivity (Wildman–Crippen MR) is 83.9 cm³/mol. The number of rotatable bonds is 3. The number of hydrogen-bond donors (Lipinski definition) is 1. The van der Waals surface area contributed by atoms with Crippen molar-refractivity contribution in [2.24, 2.45) is 5.73 Å². The molecule has 1 aliphatic carbocycles. The maximum Gasteiger partial charge on any atom is 0.0338 e. The van der Waals surface area contributed by atoms with Gasteiger partial charge in [-0.3, -0.25) is 0 Å². The molecule has 2 aliphatic rings. The normalized spacial score (nSPS) is 25.3. The Labute approximate surface area is 120 Å². The van der Waals surface area contributed by atoms with Gasteiger partial charge in [0.05, 0.1) is 0 Å². The molecule has 1 heterocycles. The molecule has 3 heteroatoms. The summed E-state index contributed by atoms with van der Waals surface area (Å²) >= 11 is 2.04. The lowest BCUT2D eigenvalue weighted by atomic mass is 9.97. The van der Waals surface area contributed by atoms with E-state index in [4.69, 9.17) is 5.73 Å². The number of thioether (sulfide) groups is 1. The molecule has 1 saturated heterocycles. The fourth-order valence-electron chi connectivity index (χ4n) is 3.32. The molecule has 1 aromatic rings. The van der Waals surface area contributed by atoms with Crippen LogP contribution in [-0.2, 0) is 19.3 Å². The van der Waals surface area contributed by atoms with E-state index in [0.29, 0.717) is 6.04 Å². The Morgan fingerprint density at radius 2 is 2.21 bits per heavy atom. The molecule has 1 aliphatic heterocycles. The summed E-state index contributed by atoms with van der Waals surface area (Å²) in [4.78, 5) is 2.44. The lowest BCUT2D eigenvalue weighted by Crippen LogP contribution is -2.51. The van der Waals surface area contributed by atoms with Crippen molar-refractivity contribution in [2.45, 2.75) is 37.8 Å². The van der Waals surface area contributed by atoms with Crippen LogP contribution < -0.4 is 5.73 Å². The van der Waals surface area contributed by atoms with Crippen LogP contribution >= 0.6 is 11.8 Å². The minimum atomic E-state index is 0.261. The van der Waals surface area contributed by atoms with Gasteiger partial charge in [-0.25, -0.2) is 0 Å². The lowest BCUT2D eigenvalue weighted by molar-refractivity contribution is 0.235. The third kappa shape index (κ3) is 2.99. The summed E-state index contributed by atoms with van der Waals surface area (Å²) < 4.78 is 0. The highest BCUT2D eigenvalue weighted by Gasteiger charge is 2.25. The van der Waals surface area contributed by atoms with E-state index in [-0.39, 0.29) is 6.04 Å². The van der Waals surface area contributed by atoms with Crippen molar-refractivity contribution in [1.82, 2.24) is 4.90 Å². The van der Waals surface area contributed by atoms with Crippen LogP contribution in [0.1, 0.15) is 23.1 Å². The van der Waals surface area contributed by atoms with Gasteiger partial charge in [0.15, 0.2) is 0 Å². The van der Waals surface area contributed by atoms with Gasteiger partial charge in [0.2, 0.25) is 0 Å². The number of aryl methyl sites for hydroxylation is 2. The van der Waals surface area contributed by atoms with Crippen LogP contribution in [-0.4, -0.2) is 42.1 Å². The van der Waals surface area contributed by atoms with Crippen LogP contribution in [0.3, 0.4) is 0 Å². The SMILES string of the molecule is CN1CCSCC1C(N)Cc1ccc2c(c1)CCC2. The number of nitrogens with two attached hydrogens (primary N) is 1. The summed E-state index contributed by atoms with van der Waals surface area (Å²) in [5.74, 6) is 2.43. The fourth-order valence-corrected chi connectivity index (χ4v) is 4.64. The van der Waals surface area contributed by atoms with Gasteiger partial charge in [-0.1, -0.05) is 18.2 Å². The van der Waals surface area contributed by atoms with E-state index < -0.39 is 0 Å². The van der Waals surface area contributed by atoms with Gasteiger partial charge in [-0.2, -0.15) is 11.8 Å². The van der Waals surface area contributed by atoms with Crippen LogP contribution in [0.5, 0.6) is 0 Å². The van der Waals surface area contributed by atoms with Crippen molar-refractivity contribution in [1.29, 1.82) is 0 Å². The molecule has 3 rings (SSSR count). The molecule has 104 valence electrons. The molecule has 1 fully saturated rings. The summed E-state index contributed by atoms with van der Waals surface area (Å²) in [5.41, 5.74) is 11.0. The molecule has 0 spiro atoms. The first-order valence-corrected chi connectivity index (χ1v) is 8.54. The van der Waals surface area contributed by atoms with Gasteiger partial charge in [0.25, 0.3) is 0 Å². The maximum atomic E-state index is 6.46. The van der Waals surface area contributed by atoms with Crippen molar-refractivity contribution < 1.29 is 0 Å². The Morgan fingerprint density at radius 1 is 1.37 bits per heavy atom. The van der Waals surface area contributed by atoms with E-state index >= 15 is 0 Å². The summed E-state index contributed by atoms with van der Waals surface area (Å²) in [7, 11) is 2.22. The van der Waals surface area contributed by atoms with Crippen LogP contribution in [0.15, 0.2) is 18.2 Å². The van der Waals surface area contributed by atoms with Crippen molar-refractivity contribution >= 4 is 11.8 Å². The zero-order chi connectivity index (χ0) is 13.2. The van der Waals surface area contributed by atoms with Crippen molar-refractivity contribution in [3.05, 3.63) is 34.9 Å². The number of hydrogen-bond acceptors (Lipinski definition) is 3. The van der Waals surface area contributed by atoms with Crippen molar-refractivity contribution in [3.63, 3.8) is 0 Å². The molecule has 0 amide bonds. The zero-order valence-corrected chi connectivity index (χ0v) is 12.6. The second-order valence-electron chi connectivity index (χ2n) is 5.95. The van der Waals surface area contributed by atoms with Gasteiger partial charge >= 0.3 is 0 Å². The smallest absolute Gasteiger partial charge is 0.0338 e. The highest BCUT2D eigenvalue weighted by atomic mass is 32.2. The number of fused-ring (bicyclic) bond motifs is 1. The molecule has 2 unspecified atom stereocenters. The van der Waals surface area contributed by atoms with Crippen molar-refractivity contribution in [2.75, 3.05) is 25.1 Å². The van der Waals surface area contributed by atoms with Gasteiger partial charge in [0, 0.05) is 30.1 Å². The van der Waals surface area contributed by atoms with Crippen molar-refractivity contribution in [3.8, 4) is 0 Å². The lowest BCUT2D eigenvalue weighted by Gasteiger charge is -2.36. The minimum absolute atomic E-state index is 0.261. The topological polar surface area (TPSA) is 29.3 Å². The summed E-state index contributed by atoms with van der Waals surface area (Å²) in [6.07, 6.45) is 4.87. The van der Waals surface area contributed by atoms with E-state index in [0.717, 1.165) is 6.42 Å². The molecule has 1 aromatic carbocycles. The summed E-state index contributed by atoms with van der Waals surface area (Å²) in [6, 6.07) is 7.81. The fraction of sp³-hybridized carbons (Fsp3) is 0.625. The van der Waals surface area contributed by atoms with Gasteiger partial charge in [-0.15, -0.1) is 0 Å². The average Bonchev–Trinajstić information content (AvgIpc) is 2.86. The van der Waals surface area contributed by atoms with Crippen LogP contribution in [0, 0.1) is 0 Å². The third-order valence-corrected chi connectivity index (χ3v) is 5.62. The predicted octanol–water partition coefficient (Wildman–Crippen LogP) is 2.09. The highest BCUT2D eigenvalue weighted by Crippen LogP contribution is 2.24. The van der Waals surface area contributed by atoms with Crippen LogP contribution in [0.4, 0.5) is 0 Å². The standard InChI is InChI=1S/C16H24N2S/c1-18-7-8-19-11-16(18)15(17)10-12-5-6-13-3-2-4-14(13)9-12/h5-6,9,15-16H,2-4,7-8,10-11,17H2,1H3. The Hall–Kier alpha value is -0.510. The molecule has 2 N–H and O–H groups in total. The zero-order valence-electron chi connectivity index (χ0n) is 11.8. The molecule has 0 saturated carbocycles. The van der Waals surface area contributed by atoms with Crippen LogP contribution in [0.2, 0.25) is 0 Å². The van der Waals surface area contributed by atoms with Gasteiger partial charge < -0.3 is 10.6 Å². The third-order valence-electron chi connectivity index (χ3n) is 4.57. The first-order chi connectivity index (χ1) is 9.24. The Bertz CT molecular complexity index is 446. The molecule has 2 nitrogen and oxygen atoms in total. The van der Waals surface area contributed by atoms with E-state index in [2.05, 4.69) is 30.1 Å². The first kappa shape index (κ1) is 13.5. The van der Waals surface area contributed by atoms with E-state index in [1.54, 1.807) is 11.1 Å². The number of nitrogens with zero attached hydrogens (tertiary/aromatic N) is 1. The van der Waals surface area contributed by atoms with E-state index in [1.807, 2.05) is 11.8 Å². The average molecular weight is 276 g/mol. The summed E-state index contributed by atoms with van der Waals surface area (Å²) in [5, 5.41) is 0. The molecule has 0 bridgehead atoms. The molecule has 19 heavy (non-hydrogen) atoms. The summed E-state index contributed by atoms with van der Waals surface area (Å²) in [6.45, 7) is 1.17. The van der Waals surface area contributed by atoms with E-state index in [1.165, 1.54) is 42.9 Å². The highest BCUT2D eigenvalue weighted by molar-refractivity contribution is 7.99. The largest absolute Gasteiger partial charge is 0.326 e. The number of likely N-dealkylation sites (N-methyl/N-ethyl adjacent to an activating group) is 1. The molecule has 2 atom stereocenters. The maximum absolute atomic E-state index is 6.46. The Balaban J connectivity index is 1.67. The second kappa shape index (κ2) is 5.86. The van der Waals surface area contributed by atoms with Gasteiger partial charge in [-0.05, 0) is 49.4 Å². The van der Waals surface area contributed by atoms with E-state index in [9.17, 15) is 0 Å². The molecular formula is C16H24N2S. The minimum Gasteiger partial charge on any atom is -0.326 e.